The van der Waals surface area contributed by atoms with Gasteiger partial charge in [-0.3, -0.25) is 4.79 Å². The van der Waals surface area contributed by atoms with E-state index >= 15 is 0 Å². The molecule has 1 heterocycles. The summed E-state index contributed by atoms with van der Waals surface area (Å²) in [7, 11) is 0. The highest BCUT2D eigenvalue weighted by Crippen LogP contribution is 2.28. The molecule has 3 nitrogen and oxygen atoms in total. The average molecular weight is 290 g/mol. The van der Waals surface area contributed by atoms with Crippen LogP contribution in [-0.4, -0.2) is 22.3 Å². The van der Waals surface area contributed by atoms with Gasteiger partial charge in [-0.15, -0.1) is 0 Å². The Hall–Kier alpha value is -1.42. The van der Waals surface area contributed by atoms with E-state index in [0.717, 1.165) is 19.4 Å². The van der Waals surface area contributed by atoms with E-state index in [1.807, 2.05) is 24.8 Å². The van der Waals surface area contributed by atoms with E-state index in [-0.39, 0.29) is 5.91 Å². The number of carbonyl (C=O) groups excluding carboxylic acids is 1. The van der Waals surface area contributed by atoms with Gasteiger partial charge in [0.25, 0.3) is 0 Å². The highest BCUT2D eigenvalue weighted by atomic mass is 32.1. The van der Waals surface area contributed by atoms with Gasteiger partial charge in [-0.1, -0.05) is 43.4 Å². The Bertz CT molecular complexity index is 529. The smallest absolute Gasteiger partial charge is 0.235 e. The fourth-order valence-electron chi connectivity index (χ4n) is 2.65. The number of thiocarbonyl (C=S) groups is 1. The monoisotopic (exact) mass is 290 g/mol. The van der Waals surface area contributed by atoms with Crippen molar-refractivity contribution >= 4 is 23.1 Å². The van der Waals surface area contributed by atoms with E-state index in [2.05, 4.69) is 18.2 Å². The van der Waals surface area contributed by atoms with Gasteiger partial charge in [0.2, 0.25) is 5.91 Å². The summed E-state index contributed by atoms with van der Waals surface area (Å²) in [6, 6.07) is 8.34. The van der Waals surface area contributed by atoms with Crippen LogP contribution in [0.1, 0.15) is 37.8 Å². The third-order valence-electron chi connectivity index (χ3n) is 4.36. The molecule has 1 aliphatic heterocycles. The van der Waals surface area contributed by atoms with E-state index in [9.17, 15) is 4.79 Å². The second kappa shape index (κ2) is 5.92. The largest absolute Gasteiger partial charge is 0.392 e. The zero-order valence-electron chi connectivity index (χ0n) is 12.2. The van der Waals surface area contributed by atoms with Crippen LogP contribution >= 0.6 is 12.2 Å². The zero-order valence-corrected chi connectivity index (χ0v) is 13.0. The van der Waals surface area contributed by atoms with Crippen LogP contribution in [0, 0.1) is 5.41 Å². The Kier molecular flexibility index (Phi) is 4.43. The van der Waals surface area contributed by atoms with Gasteiger partial charge >= 0.3 is 0 Å². The van der Waals surface area contributed by atoms with Crippen molar-refractivity contribution in [3.63, 3.8) is 0 Å². The first-order chi connectivity index (χ1) is 9.49. The maximum Gasteiger partial charge on any atom is 0.235 e. The van der Waals surface area contributed by atoms with Crippen molar-refractivity contribution in [3.05, 3.63) is 35.4 Å². The lowest BCUT2D eigenvalue weighted by molar-refractivity contribution is -0.138. The molecular weight excluding hydrogens is 268 g/mol. The molecule has 0 saturated heterocycles. The first-order valence-corrected chi connectivity index (χ1v) is 7.56. The van der Waals surface area contributed by atoms with Gasteiger partial charge in [0.15, 0.2) is 0 Å². The van der Waals surface area contributed by atoms with Crippen LogP contribution in [0.25, 0.3) is 0 Å². The molecule has 20 heavy (non-hydrogen) atoms. The molecule has 0 aliphatic carbocycles. The van der Waals surface area contributed by atoms with E-state index in [0.29, 0.717) is 18.0 Å². The first kappa shape index (κ1) is 15.0. The molecule has 0 spiro atoms. The highest BCUT2D eigenvalue weighted by Gasteiger charge is 2.38. The number of fused-ring (bicyclic) bond motifs is 1. The number of carbonyl (C=O) groups is 1. The fraction of sp³-hybridized carbons (Fsp3) is 0.500. The number of hydrogen-bond acceptors (Lipinski definition) is 2. The lowest BCUT2D eigenvalue weighted by atomic mass is 9.85. The normalized spacial score (nSPS) is 17.8. The average Bonchev–Trinajstić information content (AvgIpc) is 2.67. The Morgan fingerprint density at radius 1 is 1.40 bits per heavy atom. The number of benzene rings is 1. The summed E-state index contributed by atoms with van der Waals surface area (Å²) in [6.07, 6.45) is 2.65. The molecule has 1 unspecified atom stereocenters. The van der Waals surface area contributed by atoms with Crippen LogP contribution in [-0.2, 0) is 17.8 Å². The molecule has 1 aromatic carbocycles. The lowest BCUT2D eigenvalue weighted by Gasteiger charge is -2.32. The Morgan fingerprint density at radius 3 is 2.65 bits per heavy atom. The molecule has 4 heteroatoms. The summed E-state index contributed by atoms with van der Waals surface area (Å²) in [5, 5.41) is 0. The highest BCUT2D eigenvalue weighted by molar-refractivity contribution is 7.80. The summed E-state index contributed by atoms with van der Waals surface area (Å²) in [5.41, 5.74) is 7.66. The number of nitrogens with zero attached hydrogens (tertiary/aromatic N) is 1. The molecule has 1 aromatic rings. The Morgan fingerprint density at radius 2 is 2.05 bits per heavy atom. The fourth-order valence-corrected chi connectivity index (χ4v) is 2.89. The number of aryl methyl sites for hydroxylation is 1. The van der Waals surface area contributed by atoms with Crippen LogP contribution in [0.3, 0.4) is 0 Å². The third kappa shape index (κ3) is 2.70. The summed E-state index contributed by atoms with van der Waals surface area (Å²) in [5.74, 6) is 0.0594. The molecule has 0 fully saturated rings. The minimum atomic E-state index is -0.728. The van der Waals surface area contributed by atoms with E-state index in [4.69, 9.17) is 18.0 Å². The SMILES string of the molecule is CCC(C)(C(=O)N1CCCc2ccccc2C1)C(N)=S. The Labute approximate surface area is 126 Å². The number of rotatable bonds is 3. The quantitative estimate of drug-likeness (QED) is 0.871. The topological polar surface area (TPSA) is 46.3 Å². The molecule has 0 radical (unpaired) electrons. The Balaban J connectivity index is 2.26. The van der Waals surface area contributed by atoms with Crippen molar-refractivity contribution in [2.45, 2.75) is 39.7 Å². The van der Waals surface area contributed by atoms with E-state index in [1.54, 1.807) is 0 Å². The zero-order chi connectivity index (χ0) is 14.8. The summed E-state index contributed by atoms with van der Waals surface area (Å²) in [6.45, 7) is 5.25. The summed E-state index contributed by atoms with van der Waals surface area (Å²) in [4.78, 5) is 15.0. The summed E-state index contributed by atoms with van der Waals surface area (Å²) >= 11 is 5.12. The predicted molar refractivity (Wildman–Crippen MR) is 85.4 cm³/mol. The van der Waals surface area contributed by atoms with Crippen molar-refractivity contribution in [1.29, 1.82) is 0 Å². The van der Waals surface area contributed by atoms with Crippen LogP contribution in [0.15, 0.2) is 24.3 Å². The number of hydrogen-bond donors (Lipinski definition) is 1. The molecule has 1 amide bonds. The van der Waals surface area contributed by atoms with Crippen LogP contribution < -0.4 is 5.73 Å². The van der Waals surface area contributed by atoms with Crippen molar-refractivity contribution in [1.82, 2.24) is 4.90 Å². The number of nitrogens with two attached hydrogens (primary N) is 1. The molecule has 108 valence electrons. The maximum absolute atomic E-state index is 12.8. The minimum absolute atomic E-state index is 0.0594. The molecule has 0 saturated carbocycles. The molecule has 1 atom stereocenters. The van der Waals surface area contributed by atoms with E-state index < -0.39 is 5.41 Å². The molecule has 2 N–H and O–H groups in total. The van der Waals surface area contributed by atoms with Gasteiger partial charge in [0.05, 0.1) is 10.4 Å². The van der Waals surface area contributed by atoms with Crippen molar-refractivity contribution in [2.24, 2.45) is 11.1 Å². The van der Waals surface area contributed by atoms with Gasteiger partial charge in [-0.2, -0.15) is 0 Å². The minimum Gasteiger partial charge on any atom is -0.392 e. The van der Waals surface area contributed by atoms with Gasteiger partial charge in [0, 0.05) is 13.1 Å². The van der Waals surface area contributed by atoms with Crippen molar-refractivity contribution < 1.29 is 4.79 Å². The van der Waals surface area contributed by atoms with Gasteiger partial charge < -0.3 is 10.6 Å². The predicted octanol–water partition coefficient (Wildman–Crippen LogP) is 2.66. The maximum atomic E-state index is 12.8. The molecule has 0 bridgehead atoms. The van der Waals surface area contributed by atoms with Gasteiger partial charge in [0.1, 0.15) is 0 Å². The van der Waals surface area contributed by atoms with Crippen LogP contribution in [0.5, 0.6) is 0 Å². The van der Waals surface area contributed by atoms with Gasteiger partial charge in [-0.05, 0) is 37.3 Å². The second-order valence-corrected chi connectivity index (χ2v) is 6.09. The van der Waals surface area contributed by atoms with E-state index in [1.165, 1.54) is 11.1 Å². The lowest BCUT2D eigenvalue weighted by Crippen LogP contribution is -2.48. The second-order valence-electron chi connectivity index (χ2n) is 5.65. The standard InChI is InChI=1S/C16H22N2OS/c1-3-16(2,14(17)20)15(19)18-10-6-9-12-7-4-5-8-13(12)11-18/h4-5,7-8H,3,6,9-11H2,1-2H3,(H2,17,20). The van der Waals surface area contributed by atoms with Crippen LogP contribution in [0.4, 0.5) is 0 Å². The summed E-state index contributed by atoms with van der Waals surface area (Å²) < 4.78 is 0. The molecular formula is C16H22N2OS. The molecule has 0 aromatic heterocycles. The van der Waals surface area contributed by atoms with Crippen molar-refractivity contribution in [2.75, 3.05) is 6.54 Å². The van der Waals surface area contributed by atoms with Crippen molar-refractivity contribution in [3.8, 4) is 0 Å². The number of amides is 1. The van der Waals surface area contributed by atoms with Gasteiger partial charge in [-0.25, -0.2) is 0 Å². The first-order valence-electron chi connectivity index (χ1n) is 7.15. The van der Waals surface area contributed by atoms with Crippen LogP contribution in [0.2, 0.25) is 0 Å². The molecule has 2 rings (SSSR count). The molecule has 1 aliphatic rings. The third-order valence-corrected chi connectivity index (χ3v) is 4.81.